The van der Waals surface area contributed by atoms with E-state index in [4.69, 9.17) is 23.2 Å². The summed E-state index contributed by atoms with van der Waals surface area (Å²) in [5, 5.41) is 13.1. The van der Waals surface area contributed by atoms with Crippen LogP contribution in [0.25, 0.3) is 10.9 Å². The van der Waals surface area contributed by atoms with E-state index in [-0.39, 0.29) is 6.04 Å². The molecular weight excluding hydrogens is 305 g/mol. The highest BCUT2D eigenvalue weighted by Gasteiger charge is 2.14. The lowest BCUT2D eigenvalue weighted by molar-refractivity contribution is 0.750. The van der Waals surface area contributed by atoms with Gasteiger partial charge in [0.1, 0.15) is 0 Å². The van der Waals surface area contributed by atoms with Gasteiger partial charge in [0, 0.05) is 15.4 Å². The van der Waals surface area contributed by atoms with Crippen LogP contribution in [0.1, 0.15) is 24.9 Å². The van der Waals surface area contributed by atoms with Gasteiger partial charge in [-0.3, -0.25) is 5.10 Å². The summed E-state index contributed by atoms with van der Waals surface area (Å²) in [6.07, 6.45) is 2.72. The molecule has 1 unspecified atom stereocenters. The smallest absolute Gasteiger partial charge is 0.0881 e. The quantitative estimate of drug-likeness (QED) is 0.672. The Morgan fingerprint density at radius 1 is 1.24 bits per heavy atom. The average Bonchev–Trinajstić information content (AvgIpc) is 2.94. The monoisotopic (exact) mass is 319 g/mol. The van der Waals surface area contributed by atoms with Gasteiger partial charge in [0.05, 0.1) is 23.4 Å². The second kappa shape index (κ2) is 5.96. The van der Waals surface area contributed by atoms with E-state index in [2.05, 4.69) is 22.4 Å². The van der Waals surface area contributed by atoms with E-state index in [1.807, 2.05) is 36.5 Å². The Bertz CT molecular complexity index is 767. The molecule has 0 fully saturated rings. The molecule has 0 aliphatic heterocycles. The molecule has 0 aliphatic carbocycles. The Hall–Kier alpha value is -1.71. The summed E-state index contributed by atoms with van der Waals surface area (Å²) < 4.78 is 0. The van der Waals surface area contributed by atoms with Gasteiger partial charge in [0.25, 0.3) is 0 Å². The molecule has 0 spiro atoms. The molecule has 3 nitrogen and oxygen atoms in total. The number of nitrogens with zero attached hydrogens (tertiary/aromatic N) is 1. The SMILES string of the molecule is CCC(Nc1cccc2cn[nH]c12)c1ccc(Cl)cc1Cl. The maximum absolute atomic E-state index is 6.32. The standard InChI is InChI=1S/C16H15Cl2N3/c1-2-14(12-7-6-11(17)8-13(12)18)20-15-5-3-4-10-9-19-21-16(10)15/h3-9,14,20H,2H2,1H3,(H,19,21). The first-order valence-corrected chi connectivity index (χ1v) is 7.58. The second-order valence-electron chi connectivity index (χ2n) is 4.91. The Balaban J connectivity index is 1.96. The first kappa shape index (κ1) is 14.2. The van der Waals surface area contributed by atoms with Crippen LogP contribution in [0.4, 0.5) is 5.69 Å². The van der Waals surface area contributed by atoms with Crippen LogP contribution in [0.15, 0.2) is 42.6 Å². The van der Waals surface area contributed by atoms with Crippen molar-refractivity contribution in [2.24, 2.45) is 0 Å². The molecule has 1 aromatic heterocycles. The van der Waals surface area contributed by atoms with Gasteiger partial charge in [0.15, 0.2) is 0 Å². The molecule has 0 bridgehead atoms. The summed E-state index contributed by atoms with van der Waals surface area (Å²) in [5.41, 5.74) is 3.06. The van der Waals surface area contributed by atoms with Crippen LogP contribution in [0.5, 0.6) is 0 Å². The fourth-order valence-electron chi connectivity index (χ4n) is 2.46. The number of aromatic amines is 1. The molecule has 0 aliphatic rings. The Morgan fingerprint density at radius 3 is 2.86 bits per heavy atom. The first-order chi connectivity index (χ1) is 10.2. The lowest BCUT2D eigenvalue weighted by Crippen LogP contribution is -2.10. The zero-order valence-corrected chi connectivity index (χ0v) is 13.0. The molecule has 0 saturated carbocycles. The highest BCUT2D eigenvalue weighted by molar-refractivity contribution is 6.35. The summed E-state index contributed by atoms with van der Waals surface area (Å²) in [6.45, 7) is 2.12. The van der Waals surface area contributed by atoms with Crippen molar-refractivity contribution in [2.45, 2.75) is 19.4 Å². The molecule has 5 heteroatoms. The van der Waals surface area contributed by atoms with Crippen molar-refractivity contribution in [1.29, 1.82) is 0 Å². The van der Waals surface area contributed by atoms with E-state index in [1.54, 1.807) is 6.07 Å². The molecule has 21 heavy (non-hydrogen) atoms. The van der Waals surface area contributed by atoms with Crippen LogP contribution in [-0.4, -0.2) is 10.2 Å². The molecule has 3 rings (SSSR count). The number of halogens is 2. The number of hydrogen-bond acceptors (Lipinski definition) is 2. The summed E-state index contributed by atoms with van der Waals surface area (Å²) >= 11 is 12.3. The van der Waals surface area contributed by atoms with E-state index in [0.29, 0.717) is 10.0 Å². The molecule has 3 aromatic rings. The Morgan fingerprint density at radius 2 is 2.10 bits per heavy atom. The number of fused-ring (bicyclic) bond motifs is 1. The van der Waals surface area contributed by atoms with Crippen LogP contribution in [-0.2, 0) is 0 Å². The third-order valence-corrected chi connectivity index (χ3v) is 4.11. The zero-order chi connectivity index (χ0) is 14.8. The average molecular weight is 320 g/mol. The summed E-state index contributed by atoms with van der Waals surface area (Å²) in [4.78, 5) is 0. The lowest BCUT2D eigenvalue weighted by atomic mass is 10.0. The predicted molar refractivity (Wildman–Crippen MR) is 89.2 cm³/mol. The van der Waals surface area contributed by atoms with Gasteiger partial charge in [-0.1, -0.05) is 48.3 Å². The van der Waals surface area contributed by atoms with Gasteiger partial charge in [-0.2, -0.15) is 5.10 Å². The molecule has 0 amide bonds. The number of hydrogen-bond donors (Lipinski definition) is 2. The molecule has 1 heterocycles. The Labute approximate surface area is 133 Å². The number of rotatable bonds is 4. The summed E-state index contributed by atoms with van der Waals surface area (Å²) in [5.74, 6) is 0. The highest BCUT2D eigenvalue weighted by atomic mass is 35.5. The van der Waals surface area contributed by atoms with Gasteiger partial charge in [-0.05, 0) is 30.2 Å². The van der Waals surface area contributed by atoms with E-state index < -0.39 is 0 Å². The van der Waals surface area contributed by atoms with Crippen molar-refractivity contribution >= 4 is 39.8 Å². The molecule has 1 atom stereocenters. The van der Waals surface area contributed by atoms with Crippen molar-refractivity contribution in [3.05, 3.63) is 58.2 Å². The molecule has 0 radical (unpaired) electrons. The number of para-hydroxylation sites is 1. The minimum Gasteiger partial charge on any atom is -0.376 e. The third-order valence-electron chi connectivity index (χ3n) is 3.55. The maximum atomic E-state index is 6.32. The van der Waals surface area contributed by atoms with Crippen molar-refractivity contribution in [1.82, 2.24) is 10.2 Å². The first-order valence-electron chi connectivity index (χ1n) is 6.82. The molecular formula is C16H15Cl2N3. The predicted octanol–water partition coefficient (Wildman–Crippen LogP) is 5.43. The van der Waals surface area contributed by atoms with Gasteiger partial charge in [-0.15, -0.1) is 0 Å². The summed E-state index contributed by atoms with van der Waals surface area (Å²) in [7, 11) is 0. The number of H-pyrrole nitrogens is 1. The second-order valence-corrected chi connectivity index (χ2v) is 5.75. The zero-order valence-electron chi connectivity index (χ0n) is 11.5. The maximum Gasteiger partial charge on any atom is 0.0881 e. The van der Waals surface area contributed by atoms with Crippen LogP contribution in [0.2, 0.25) is 10.0 Å². The number of benzene rings is 2. The van der Waals surface area contributed by atoms with Gasteiger partial charge in [-0.25, -0.2) is 0 Å². The van der Waals surface area contributed by atoms with Crippen LogP contribution in [0.3, 0.4) is 0 Å². The number of nitrogens with one attached hydrogen (secondary N) is 2. The Kier molecular flexibility index (Phi) is 4.04. The van der Waals surface area contributed by atoms with Crippen LogP contribution >= 0.6 is 23.2 Å². The third kappa shape index (κ3) is 2.85. The van der Waals surface area contributed by atoms with Crippen molar-refractivity contribution in [3.63, 3.8) is 0 Å². The van der Waals surface area contributed by atoms with Crippen molar-refractivity contribution < 1.29 is 0 Å². The van der Waals surface area contributed by atoms with Gasteiger partial charge < -0.3 is 5.32 Å². The van der Waals surface area contributed by atoms with E-state index in [9.17, 15) is 0 Å². The van der Waals surface area contributed by atoms with Crippen LogP contribution in [0, 0.1) is 0 Å². The fourth-order valence-corrected chi connectivity index (χ4v) is 3.00. The normalized spacial score (nSPS) is 12.5. The van der Waals surface area contributed by atoms with Crippen molar-refractivity contribution in [2.75, 3.05) is 5.32 Å². The molecule has 108 valence electrons. The number of anilines is 1. The minimum atomic E-state index is 0.115. The molecule has 2 aromatic carbocycles. The van der Waals surface area contributed by atoms with E-state index >= 15 is 0 Å². The minimum absolute atomic E-state index is 0.115. The van der Waals surface area contributed by atoms with Crippen molar-refractivity contribution in [3.8, 4) is 0 Å². The molecule has 2 N–H and O–H groups in total. The van der Waals surface area contributed by atoms with Gasteiger partial charge >= 0.3 is 0 Å². The summed E-state index contributed by atoms with van der Waals surface area (Å²) in [6, 6.07) is 11.8. The van der Waals surface area contributed by atoms with E-state index in [0.717, 1.165) is 28.6 Å². The molecule has 0 saturated heterocycles. The fraction of sp³-hybridized carbons (Fsp3) is 0.188. The number of aromatic nitrogens is 2. The lowest BCUT2D eigenvalue weighted by Gasteiger charge is -2.20. The topological polar surface area (TPSA) is 40.7 Å². The largest absolute Gasteiger partial charge is 0.376 e. The van der Waals surface area contributed by atoms with E-state index in [1.165, 1.54) is 0 Å². The van der Waals surface area contributed by atoms with Crippen LogP contribution < -0.4 is 5.32 Å². The highest BCUT2D eigenvalue weighted by Crippen LogP contribution is 2.32. The van der Waals surface area contributed by atoms with Gasteiger partial charge in [0.2, 0.25) is 0 Å².